The molecular formula is C20H29N5O4. The molecule has 1 aliphatic heterocycles. The molecule has 0 bridgehead atoms. The van der Waals surface area contributed by atoms with E-state index in [2.05, 4.69) is 15.9 Å². The quantitative estimate of drug-likeness (QED) is 0.674. The highest BCUT2D eigenvalue weighted by atomic mass is 16.5. The minimum Gasteiger partial charge on any atom is -0.495 e. The van der Waals surface area contributed by atoms with Crippen LogP contribution in [-0.2, 0) is 14.1 Å². The number of hydrogen-bond donors (Lipinski definition) is 1. The molecule has 1 aliphatic rings. The lowest BCUT2D eigenvalue weighted by Crippen LogP contribution is -2.47. The van der Waals surface area contributed by atoms with Crippen molar-refractivity contribution >= 4 is 11.5 Å². The van der Waals surface area contributed by atoms with Gasteiger partial charge in [0.25, 0.3) is 5.56 Å². The SMILES string of the molecule is COc1ccccc1N1CCN(CCCN(O)c2cc(=O)n(C)c(=O)n2C)CC1. The van der Waals surface area contributed by atoms with Gasteiger partial charge in [0.15, 0.2) is 0 Å². The Labute approximate surface area is 169 Å². The number of ether oxygens (including phenoxy) is 1. The van der Waals surface area contributed by atoms with E-state index in [1.54, 1.807) is 7.11 Å². The number of methoxy groups -OCH3 is 1. The van der Waals surface area contributed by atoms with Crippen LogP contribution in [0.1, 0.15) is 6.42 Å². The fraction of sp³-hybridized carbons (Fsp3) is 0.500. The van der Waals surface area contributed by atoms with Gasteiger partial charge in [0, 0.05) is 59.4 Å². The molecule has 0 atom stereocenters. The van der Waals surface area contributed by atoms with Gasteiger partial charge in [-0.3, -0.25) is 24.0 Å². The van der Waals surface area contributed by atoms with Crippen molar-refractivity contribution in [3.05, 3.63) is 51.2 Å². The Morgan fingerprint density at radius 3 is 2.45 bits per heavy atom. The summed E-state index contributed by atoms with van der Waals surface area (Å²) in [6.07, 6.45) is 0.717. The van der Waals surface area contributed by atoms with Crippen molar-refractivity contribution < 1.29 is 9.94 Å². The van der Waals surface area contributed by atoms with Crippen LogP contribution in [0.3, 0.4) is 0 Å². The number of para-hydroxylation sites is 2. The van der Waals surface area contributed by atoms with E-state index in [9.17, 15) is 14.8 Å². The van der Waals surface area contributed by atoms with Crippen molar-refractivity contribution in [3.63, 3.8) is 0 Å². The molecule has 158 valence electrons. The van der Waals surface area contributed by atoms with Crippen molar-refractivity contribution in [3.8, 4) is 5.75 Å². The number of anilines is 2. The predicted octanol–water partition coefficient (Wildman–Crippen LogP) is 0.501. The Balaban J connectivity index is 1.50. The first-order valence-electron chi connectivity index (χ1n) is 9.76. The number of hydroxylamine groups is 1. The molecule has 1 aromatic carbocycles. The van der Waals surface area contributed by atoms with E-state index < -0.39 is 11.2 Å². The molecule has 2 aromatic rings. The normalized spacial score (nSPS) is 14.8. The van der Waals surface area contributed by atoms with Gasteiger partial charge in [-0.1, -0.05) is 12.1 Å². The number of piperazine rings is 1. The smallest absolute Gasteiger partial charge is 0.332 e. The second-order valence-electron chi connectivity index (χ2n) is 7.22. The van der Waals surface area contributed by atoms with Crippen LogP contribution in [-0.4, -0.2) is 65.6 Å². The summed E-state index contributed by atoms with van der Waals surface area (Å²) in [7, 11) is 4.65. The summed E-state index contributed by atoms with van der Waals surface area (Å²) >= 11 is 0. The number of rotatable bonds is 7. The maximum absolute atomic E-state index is 12.0. The van der Waals surface area contributed by atoms with Gasteiger partial charge in [-0.25, -0.2) is 9.86 Å². The lowest BCUT2D eigenvalue weighted by Gasteiger charge is -2.36. The highest BCUT2D eigenvalue weighted by molar-refractivity contribution is 5.58. The zero-order valence-electron chi connectivity index (χ0n) is 17.2. The van der Waals surface area contributed by atoms with Gasteiger partial charge >= 0.3 is 5.69 Å². The third kappa shape index (κ3) is 4.63. The molecule has 1 N–H and O–H groups in total. The lowest BCUT2D eigenvalue weighted by molar-refractivity contribution is 0.219. The first-order valence-corrected chi connectivity index (χ1v) is 9.76. The predicted molar refractivity (Wildman–Crippen MR) is 112 cm³/mol. The van der Waals surface area contributed by atoms with Crippen LogP contribution in [0, 0.1) is 0 Å². The van der Waals surface area contributed by atoms with Crippen LogP contribution >= 0.6 is 0 Å². The molecule has 0 unspecified atom stereocenters. The van der Waals surface area contributed by atoms with Crippen molar-refractivity contribution in [2.45, 2.75) is 6.42 Å². The van der Waals surface area contributed by atoms with Crippen molar-refractivity contribution in [2.24, 2.45) is 14.1 Å². The number of aromatic nitrogens is 2. The average Bonchev–Trinajstić information content (AvgIpc) is 2.75. The molecule has 1 aromatic heterocycles. The van der Waals surface area contributed by atoms with Gasteiger partial charge in [-0.15, -0.1) is 0 Å². The molecular weight excluding hydrogens is 374 g/mol. The highest BCUT2D eigenvalue weighted by Gasteiger charge is 2.19. The zero-order valence-corrected chi connectivity index (χ0v) is 17.2. The summed E-state index contributed by atoms with van der Waals surface area (Å²) in [4.78, 5) is 28.5. The van der Waals surface area contributed by atoms with E-state index in [-0.39, 0.29) is 5.82 Å². The minimum atomic E-state index is -0.459. The van der Waals surface area contributed by atoms with Gasteiger partial charge in [0.1, 0.15) is 11.6 Å². The van der Waals surface area contributed by atoms with Crippen LogP contribution < -0.4 is 25.9 Å². The van der Waals surface area contributed by atoms with E-state index >= 15 is 0 Å². The van der Waals surface area contributed by atoms with Gasteiger partial charge in [-0.05, 0) is 18.6 Å². The summed E-state index contributed by atoms with van der Waals surface area (Å²) < 4.78 is 7.74. The molecule has 9 nitrogen and oxygen atoms in total. The first-order chi connectivity index (χ1) is 13.9. The minimum absolute atomic E-state index is 0.207. The van der Waals surface area contributed by atoms with Crippen LogP contribution in [0.2, 0.25) is 0 Å². The van der Waals surface area contributed by atoms with E-state index in [0.717, 1.165) is 53.8 Å². The fourth-order valence-corrected chi connectivity index (χ4v) is 3.63. The van der Waals surface area contributed by atoms with Gasteiger partial charge in [-0.2, -0.15) is 0 Å². The molecule has 1 saturated heterocycles. The second kappa shape index (κ2) is 9.15. The summed E-state index contributed by atoms with van der Waals surface area (Å²) in [5, 5.41) is 11.3. The monoisotopic (exact) mass is 403 g/mol. The van der Waals surface area contributed by atoms with Crippen molar-refractivity contribution in [1.29, 1.82) is 0 Å². The highest BCUT2D eigenvalue weighted by Crippen LogP contribution is 2.28. The molecule has 0 spiro atoms. The number of nitrogens with zero attached hydrogens (tertiary/aromatic N) is 5. The Morgan fingerprint density at radius 1 is 1.07 bits per heavy atom. The number of benzene rings is 1. The maximum atomic E-state index is 12.0. The largest absolute Gasteiger partial charge is 0.495 e. The van der Waals surface area contributed by atoms with Crippen LogP contribution in [0.4, 0.5) is 11.5 Å². The van der Waals surface area contributed by atoms with Gasteiger partial charge < -0.3 is 9.64 Å². The summed E-state index contributed by atoms with van der Waals surface area (Å²) in [5.74, 6) is 1.09. The maximum Gasteiger partial charge on any atom is 0.332 e. The third-order valence-corrected chi connectivity index (χ3v) is 5.41. The molecule has 3 rings (SSSR count). The summed E-state index contributed by atoms with van der Waals surface area (Å²) in [5.41, 5.74) is 0.219. The molecule has 0 saturated carbocycles. The molecule has 2 heterocycles. The summed E-state index contributed by atoms with van der Waals surface area (Å²) in [6.45, 7) is 4.84. The summed E-state index contributed by atoms with van der Waals surface area (Å²) in [6, 6.07) is 9.31. The van der Waals surface area contributed by atoms with E-state index in [1.807, 2.05) is 18.2 Å². The Morgan fingerprint density at radius 2 is 1.76 bits per heavy atom. The van der Waals surface area contributed by atoms with Gasteiger partial charge in [0.05, 0.1) is 12.8 Å². The van der Waals surface area contributed by atoms with Crippen molar-refractivity contribution in [1.82, 2.24) is 14.0 Å². The lowest BCUT2D eigenvalue weighted by atomic mass is 10.2. The van der Waals surface area contributed by atoms with Crippen molar-refractivity contribution in [2.75, 3.05) is 56.3 Å². The standard InChI is InChI=1S/C20H29N5O4/c1-21-18(15-19(26)22(2)20(21)27)25(28)10-6-9-23-11-13-24(14-12-23)16-7-4-5-8-17(16)29-3/h4-5,7-8,15,28H,6,9-14H2,1-3H3. The average molecular weight is 403 g/mol. The molecule has 1 fully saturated rings. The molecule has 0 aliphatic carbocycles. The molecule has 0 amide bonds. The molecule has 0 radical (unpaired) electrons. The third-order valence-electron chi connectivity index (χ3n) is 5.41. The Kier molecular flexibility index (Phi) is 6.60. The Hall–Kier alpha value is -2.78. The fourth-order valence-electron chi connectivity index (χ4n) is 3.63. The van der Waals surface area contributed by atoms with E-state index in [0.29, 0.717) is 13.0 Å². The molecule has 9 heteroatoms. The molecule has 29 heavy (non-hydrogen) atoms. The second-order valence-corrected chi connectivity index (χ2v) is 7.22. The van der Waals surface area contributed by atoms with Crippen LogP contribution in [0.25, 0.3) is 0 Å². The van der Waals surface area contributed by atoms with E-state index in [1.165, 1.54) is 24.7 Å². The Bertz CT molecular complexity index is 947. The van der Waals surface area contributed by atoms with E-state index in [4.69, 9.17) is 4.74 Å². The van der Waals surface area contributed by atoms with Crippen LogP contribution in [0.5, 0.6) is 5.75 Å². The topological polar surface area (TPSA) is 83.2 Å². The zero-order chi connectivity index (χ0) is 21.0. The van der Waals surface area contributed by atoms with Gasteiger partial charge in [0.2, 0.25) is 0 Å². The van der Waals surface area contributed by atoms with Crippen LogP contribution in [0.15, 0.2) is 39.9 Å². The first kappa shape index (κ1) is 20.9. The number of hydrogen-bond acceptors (Lipinski definition) is 7.